The third-order valence-electron chi connectivity index (χ3n) is 2.45. The summed E-state index contributed by atoms with van der Waals surface area (Å²) < 4.78 is 6.81. The van der Waals surface area contributed by atoms with E-state index in [4.69, 9.17) is 9.84 Å². The van der Waals surface area contributed by atoms with Crippen molar-refractivity contribution in [3.05, 3.63) is 23.2 Å². The lowest BCUT2D eigenvalue weighted by atomic mass is 10.3. The van der Waals surface area contributed by atoms with Crippen LogP contribution in [-0.4, -0.2) is 23.3 Å². The Kier molecular flexibility index (Phi) is 4.34. The van der Waals surface area contributed by atoms with Crippen LogP contribution < -0.4 is 4.74 Å². The molecule has 17 heavy (non-hydrogen) atoms. The van der Waals surface area contributed by atoms with Gasteiger partial charge in [-0.25, -0.2) is 4.98 Å². The highest BCUT2D eigenvalue weighted by atomic mass is 32.1. The van der Waals surface area contributed by atoms with E-state index in [1.54, 1.807) is 11.3 Å². The molecule has 1 aromatic carbocycles. The highest BCUT2D eigenvalue weighted by Crippen LogP contribution is 2.30. The normalized spacial score (nSPS) is 10.9. The number of hydrogen-bond acceptors (Lipinski definition) is 4. The Morgan fingerprint density at radius 3 is 3.06 bits per heavy atom. The van der Waals surface area contributed by atoms with Gasteiger partial charge in [0.2, 0.25) is 0 Å². The van der Waals surface area contributed by atoms with Crippen molar-refractivity contribution < 1.29 is 9.84 Å². The Balaban J connectivity index is 2.22. The molecular formula is C13H17NO2S. The van der Waals surface area contributed by atoms with Crippen LogP contribution in [0.5, 0.6) is 5.75 Å². The fraction of sp³-hybridized carbons (Fsp3) is 0.462. The highest BCUT2D eigenvalue weighted by Gasteiger charge is 2.08. The van der Waals surface area contributed by atoms with Gasteiger partial charge in [0.05, 0.1) is 16.3 Å². The number of fused-ring (bicyclic) bond motifs is 1. The summed E-state index contributed by atoms with van der Waals surface area (Å²) in [6.45, 7) is 2.86. The summed E-state index contributed by atoms with van der Waals surface area (Å²) in [4.78, 5) is 4.61. The molecule has 0 fully saturated rings. The molecule has 0 atom stereocenters. The molecular weight excluding hydrogens is 234 g/mol. The summed E-state index contributed by atoms with van der Waals surface area (Å²) in [5.41, 5.74) is 0.957. The summed E-state index contributed by atoms with van der Waals surface area (Å²) >= 11 is 1.73. The molecule has 0 spiro atoms. The summed E-state index contributed by atoms with van der Waals surface area (Å²) in [5, 5.41) is 9.91. The van der Waals surface area contributed by atoms with Crippen LogP contribution in [0.1, 0.15) is 24.8 Å². The molecule has 3 nitrogen and oxygen atoms in total. The average Bonchev–Trinajstić information content (AvgIpc) is 2.73. The van der Waals surface area contributed by atoms with Crippen molar-refractivity contribution in [2.75, 3.05) is 13.2 Å². The Bertz CT molecular complexity index is 481. The van der Waals surface area contributed by atoms with Gasteiger partial charge in [0.1, 0.15) is 11.3 Å². The van der Waals surface area contributed by atoms with Crippen LogP contribution in [0.4, 0.5) is 0 Å². The minimum Gasteiger partial charge on any atom is -0.491 e. The van der Waals surface area contributed by atoms with Crippen molar-refractivity contribution in [3.63, 3.8) is 0 Å². The van der Waals surface area contributed by atoms with Crippen molar-refractivity contribution in [1.82, 2.24) is 4.98 Å². The summed E-state index contributed by atoms with van der Waals surface area (Å²) in [6.07, 6.45) is 2.79. The number of aliphatic hydroxyl groups is 1. The number of benzene rings is 1. The Hall–Kier alpha value is -1.13. The van der Waals surface area contributed by atoms with Crippen molar-refractivity contribution in [3.8, 4) is 5.75 Å². The van der Waals surface area contributed by atoms with Crippen molar-refractivity contribution in [2.45, 2.75) is 26.2 Å². The van der Waals surface area contributed by atoms with Crippen LogP contribution in [0.3, 0.4) is 0 Å². The fourth-order valence-corrected chi connectivity index (χ4v) is 2.74. The second-order valence-corrected chi connectivity index (χ2v) is 5.00. The van der Waals surface area contributed by atoms with Crippen LogP contribution >= 0.6 is 11.3 Å². The summed E-state index contributed by atoms with van der Waals surface area (Å²) in [5.74, 6) is 0.828. The maximum atomic E-state index is 8.74. The third-order valence-corrected chi connectivity index (χ3v) is 3.53. The monoisotopic (exact) mass is 251 g/mol. The van der Waals surface area contributed by atoms with Crippen LogP contribution in [0.15, 0.2) is 18.2 Å². The molecule has 4 heteroatoms. The van der Waals surface area contributed by atoms with Crippen LogP contribution in [0.2, 0.25) is 0 Å². The van der Waals surface area contributed by atoms with Crippen molar-refractivity contribution >= 4 is 21.6 Å². The van der Waals surface area contributed by atoms with E-state index in [1.807, 2.05) is 12.1 Å². The van der Waals surface area contributed by atoms with Gasteiger partial charge >= 0.3 is 0 Å². The molecule has 1 N–H and O–H groups in total. The molecule has 0 amide bonds. The second-order valence-electron chi connectivity index (χ2n) is 3.89. The van der Waals surface area contributed by atoms with Crippen molar-refractivity contribution in [2.24, 2.45) is 0 Å². The molecule has 2 aromatic rings. The molecule has 0 radical (unpaired) electrons. The molecule has 0 saturated heterocycles. The van der Waals surface area contributed by atoms with Gasteiger partial charge in [0, 0.05) is 13.0 Å². The number of hydrogen-bond donors (Lipinski definition) is 1. The van der Waals surface area contributed by atoms with E-state index in [0.29, 0.717) is 13.0 Å². The molecule has 0 bridgehead atoms. The van der Waals surface area contributed by atoms with Gasteiger partial charge in [-0.2, -0.15) is 0 Å². The molecule has 2 rings (SSSR count). The van der Waals surface area contributed by atoms with Gasteiger partial charge in [-0.15, -0.1) is 11.3 Å². The number of thiazole rings is 1. The van der Waals surface area contributed by atoms with E-state index in [0.717, 1.165) is 24.1 Å². The molecule has 0 aliphatic heterocycles. The largest absolute Gasteiger partial charge is 0.491 e. The molecule has 0 aliphatic rings. The molecule has 0 unspecified atom stereocenters. The smallest absolute Gasteiger partial charge is 0.146 e. The molecule has 1 heterocycles. The summed E-state index contributed by atoms with van der Waals surface area (Å²) in [6, 6.07) is 6.00. The fourth-order valence-electron chi connectivity index (χ4n) is 1.65. The lowest BCUT2D eigenvalue weighted by Crippen LogP contribution is -2.00. The van der Waals surface area contributed by atoms with Gasteiger partial charge < -0.3 is 9.84 Å². The van der Waals surface area contributed by atoms with Crippen LogP contribution in [0.25, 0.3) is 10.2 Å². The molecule has 0 aliphatic carbocycles. The lowest BCUT2D eigenvalue weighted by molar-refractivity contribution is 0.234. The first-order valence-corrected chi connectivity index (χ1v) is 6.79. The minimum atomic E-state index is 0.161. The van der Waals surface area contributed by atoms with E-state index in [2.05, 4.69) is 18.0 Å². The predicted octanol–water partition coefficient (Wildman–Crippen LogP) is 3.01. The maximum absolute atomic E-state index is 8.74. The molecule has 92 valence electrons. The quantitative estimate of drug-likeness (QED) is 0.802. The van der Waals surface area contributed by atoms with E-state index in [1.165, 1.54) is 9.71 Å². The van der Waals surface area contributed by atoms with Crippen LogP contribution in [0, 0.1) is 0 Å². The molecule has 1 aromatic heterocycles. The van der Waals surface area contributed by atoms with E-state index >= 15 is 0 Å². The van der Waals surface area contributed by atoms with Gasteiger partial charge in [-0.3, -0.25) is 0 Å². The predicted molar refractivity (Wildman–Crippen MR) is 70.8 cm³/mol. The van der Waals surface area contributed by atoms with Crippen LogP contribution in [-0.2, 0) is 6.42 Å². The first-order valence-electron chi connectivity index (χ1n) is 5.97. The number of aliphatic hydroxyl groups excluding tert-OH is 1. The number of para-hydroxylation sites is 1. The topological polar surface area (TPSA) is 42.4 Å². The zero-order chi connectivity index (χ0) is 12.1. The zero-order valence-electron chi connectivity index (χ0n) is 9.98. The van der Waals surface area contributed by atoms with E-state index in [9.17, 15) is 0 Å². The highest BCUT2D eigenvalue weighted by molar-refractivity contribution is 7.18. The molecule has 0 saturated carbocycles. The van der Waals surface area contributed by atoms with Crippen molar-refractivity contribution in [1.29, 1.82) is 0 Å². The second kappa shape index (κ2) is 5.98. The lowest BCUT2D eigenvalue weighted by Gasteiger charge is -2.04. The Morgan fingerprint density at radius 1 is 1.41 bits per heavy atom. The number of rotatable bonds is 6. The average molecular weight is 251 g/mol. The SMILES string of the molecule is CCCc1nc2c(OCCCO)cccc2s1. The Labute approximate surface area is 105 Å². The summed E-state index contributed by atoms with van der Waals surface area (Å²) in [7, 11) is 0. The number of aromatic nitrogens is 1. The number of aryl methyl sites for hydroxylation is 1. The van der Waals surface area contributed by atoms with Gasteiger partial charge in [-0.05, 0) is 25.0 Å². The van der Waals surface area contributed by atoms with E-state index < -0.39 is 0 Å². The first-order chi connectivity index (χ1) is 8.35. The number of ether oxygens (including phenoxy) is 1. The third kappa shape index (κ3) is 2.96. The minimum absolute atomic E-state index is 0.161. The van der Waals surface area contributed by atoms with Gasteiger partial charge in [-0.1, -0.05) is 13.0 Å². The van der Waals surface area contributed by atoms with Gasteiger partial charge in [0.15, 0.2) is 0 Å². The van der Waals surface area contributed by atoms with Gasteiger partial charge in [0.25, 0.3) is 0 Å². The Morgan fingerprint density at radius 2 is 2.29 bits per heavy atom. The van der Waals surface area contributed by atoms with E-state index in [-0.39, 0.29) is 6.61 Å². The number of nitrogens with zero attached hydrogens (tertiary/aromatic N) is 1. The zero-order valence-corrected chi connectivity index (χ0v) is 10.8. The first kappa shape index (κ1) is 12.3. The maximum Gasteiger partial charge on any atom is 0.146 e. The standard InChI is InChI=1S/C13H17NO2S/c1-2-5-12-14-13-10(16-9-4-8-15)6-3-7-11(13)17-12/h3,6-7,15H,2,4-5,8-9H2,1H3.